The molecule has 0 bridgehead atoms. The van der Waals surface area contributed by atoms with E-state index in [4.69, 9.17) is 16.3 Å². The molecule has 1 N–H and O–H groups in total. The second-order valence-corrected chi connectivity index (χ2v) is 5.73. The minimum absolute atomic E-state index is 0.0917. The maximum absolute atomic E-state index is 6.04. The number of pyridine rings is 1. The topological polar surface area (TPSA) is 59.9 Å². The van der Waals surface area contributed by atoms with Gasteiger partial charge >= 0.3 is 0 Å². The molecule has 6 heteroatoms. The fraction of sp³-hybridized carbons (Fsp3) is 0.462. The van der Waals surface area contributed by atoms with Crippen LogP contribution in [0.15, 0.2) is 18.5 Å². The van der Waals surface area contributed by atoms with E-state index in [0.29, 0.717) is 17.6 Å². The average Bonchev–Trinajstić information content (AvgIpc) is 2.73. The van der Waals surface area contributed by atoms with Gasteiger partial charge in [-0.1, -0.05) is 11.6 Å². The Balaban J connectivity index is 1.92. The Kier molecular flexibility index (Phi) is 3.03. The van der Waals surface area contributed by atoms with Crippen LogP contribution in [0.5, 0.6) is 0 Å². The van der Waals surface area contributed by atoms with Crippen molar-refractivity contribution in [3.63, 3.8) is 0 Å². The monoisotopic (exact) mass is 278 g/mol. The van der Waals surface area contributed by atoms with E-state index in [2.05, 4.69) is 34.3 Å². The van der Waals surface area contributed by atoms with Gasteiger partial charge in [-0.15, -0.1) is 10.2 Å². The zero-order valence-electron chi connectivity index (χ0n) is 10.9. The molecule has 1 aliphatic rings. The van der Waals surface area contributed by atoms with E-state index in [-0.39, 0.29) is 11.6 Å². The molecule has 2 aromatic rings. The molecule has 1 atom stereocenters. The van der Waals surface area contributed by atoms with Crippen LogP contribution in [-0.2, 0) is 4.74 Å². The zero-order valence-corrected chi connectivity index (χ0v) is 11.6. The van der Waals surface area contributed by atoms with Gasteiger partial charge in [0.15, 0.2) is 11.0 Å². The van der Waals surface area contributed by atoms with Crippen molar-refractivity contribution < 1.29 is 4.74 Å². The number of nitrogens with one attached hydrogen (secondary N) is 1. The molecule has 2 aromatic heterocycles. The maximum atomic E-state index is 6.04. The number of fused-ring (bicyclic) bond motifs is 1. The van der Waals surface area contributed by atoms with E-state index >= 15 is 0 Å². The van der Waals surface area contributed by atoms with Crippen LogP contribution in [0.25, 0.3) is 10.8 Å². The normalized spacial score (nSPS) is 21.7. The number of anilines is 1. The van der Waals surface area contributed by atoms with Gasteiger partial charge in [0.05, 0.1) is 18.2 Å². The van der Waals surface area contributed by atoms with Crippen LogP contribution in [0.3, 0.4) is 0 Å². The molecule has 1 saturated heterocycles. The van der Waals surface area contributed by atoms with Crippen LogP contribution >= 0.6 is 11.6 Å². The Morgan fingerprint density at radius 2 is 2.21 bits per heavy atom. The van der Waals surface area contributed by atoms with Crippen molar-refractivity contribution in [2.24, 2.45) is 0 Å². The Morgan fingerprint density at radius 3 is 2.95 bits per heavy atom. The molecule has 0 spiro atoms. The Labute approximate surface area is 116 Å². The first kappa shape index (κ1) is 12.6. The molecule has 19 heavy (non-hydrogen) atoms. The summed E-state index contributed by atoms with van der Waals surface area (Å²) in [6.45, 7) is 4.84. The molecule has 1 aliphatic heterocycles. The highest BCUT2D eigenvalue weighted by molar-refractivity contribution is 6.34. The third-order valence-electron chi connectivity index (χ3n) is 3.29. The second-order valence-electron chi connectivity index (χ2n) is 5.38. The van der Waals surface area contributed by atoms with Crippen LogP contribution in [0, 0.1) is 0 Å². The molecule has 1 unspecified atom stereocenters. The fourth-order valence-electron chi connectivity index (χ4n) is 2.39. The quantitative estimate of drug-likeness (QED) is 0.915. The van der Waals surface area contributed by atoms with E-state index in [1.165, 1.54) is 0 Å². The van der Waals surface area contributed by atoms with E-state index in [9.17, 15) is 0 Å². The molecule has 3 rings (SSSR count). The minimum atomic E-state index is -0.0917. The zero-order chi connectivity index (χ0) is 13.5. The summed E-state index contributed by atoms with van der Waals surface area (Å²) in [5.74, 6) is 0.707. The first-order valence-corrected chi connectivity index (χ1v) is 6.59. The van der Waals surface area contributed by atoms with Crippen molar-refractivity contribution in [1.82, 2.24) is 15.2 Å². The maximum Gasteiger partial charge on any atom is 0.159 e. The minimum Gasteiger partial charge on any atom is -0.373 e. The number of hydrogen-bond acceptors (Lipinski definition) is 5. The second kappa shape index (κ2) is 4.58. The van der Waals surface area contributed by atoms with Crippen molar-refractivity contribution in [3.8, 4) is 0 Å². The molecule has 0 saturated carbocycles. The van der Waals surface area contributed by atoms with Gasteiger partial charge in [-0.3, -0.25) is 4.98 Å². The van der Waals surface area contributed by atoms with E-state index in [1.807, 2.05) is 6.07 Å². The third kappa shape index (κ3) is 2.48. The fourth-order valence-corrected chi connectivity index (χ4v) is 2.60. The highest BCUT2D eigenvalue weighted by atomic mass is 35.5. The van der Waals surface area contributed by atoms with Gasteiger partial charge in [-0.25, -0.2) is 0 Å². The van der Waals surface area contributed by atoms with Crippen molar-refractivity contribution in [2.75, 3.05) is 11.9 Å². The van der Waals surface area contributed by atoms with E-state index in [0.717, 1.165) is 17.2 Å². The van der Waals surface area contributed by atoms with Crippen molar-refractivity contribution in [1.29, 1.82) is 0 Å². The Hall–Kier alpha value is -1.46. The Bertz CT molecular complexity index is 617. The number of halogens is 1. The van der Waals surface area contributed by atoms with Crippen LogP contribution in [0.2, 0.25) is 5.15 Å². The summed E-state index contributed by atoms with van der Waals surface area (Å²) >= 11 is 6.04. The average molecular weight is 279 g/mol. The molecule has 0 amide bonds. The van der Waals surface area contributed by atoms with Crippen LogP contribution in [-0.4, -0.2) is 33.4 Å². The molecular weight excluding hydrogens is 264 g/mol. The third-order valence-corrected chi connectivity index (χ3v) is 3.57. The highest BCUT2D eigenvalue weighted by Crippen LogP contribution is 2.29. The van der Waals surface area contributed by atoms with Crippen molar-refractivity contribution in [3.05, 3.63) is 23.6 Å². The number of hydrogen-bond donors (Lipinski definition) is 1. The van der Waals surface area contributed by atoms with Gasteiger partial charge in [-0.2, -0.15) is 0 Å². The SMILES string of the molecule is CC1(C)CC(Nc2nnc(Cl)c3ccncc23)CO1. The van der Waals surface area contributed by atoms with Crippen molar-refractivity contribution in [2.45, 2.75) is 31.9 Å². The summed E-state index contributed by atoms with van der Waals surface area (Å²) in [7, 11) is 0. The first-order chi connectivity index (χ1) is 9.05. The lowest BCUT2D eigenvalue weighted by Gasteiger charge is -2.16. The van der Waals surface area contributed by atoms with Gasteiger partial charge in [0, 0.05) is 23.2 Å². The first-order valence-electron chi connectivity index (χ1n) is 6.21. The number of rotatable bonds is 2. The molecule has 0 aliphatic carbocycles. The van der Waals surface area contributed by atoms with E-state index < -0.39 is 0 Å². The number of ether oxygens (including phenoxy) is 1. The van der Waals surface area contributed by atoms with Crippen LogP contribution < -0.4 is 5.32 Å². The van der Waals surface area contributed by atoms with Gasteiger partial charge in [0.25, 0.3) is 0 Å². The predicted molar refractivity (Wildman–Crippen MR) is 74.4 cm³/mol. The molecule has 100 valence electrons. The number of aromatic nitrogens is 3. The Morgan fingerprint density at radius 1 is 1.37 bits per heavy atom. The standard InChI is InChI=1S/C13H15ClN4O/c1-13(2)5-8(7-19-13)16-12-10-6-15-4-3-9(10)11(14)17-18-12/h3-4,6,8H,5,7H2,1-2H3,(H,16,18). The summed E-state index contributed by atoms with van der Waals surface area (Å²) in [5.41, 5.74) is -0.0917. The van der Waals surface area contributed by atoms with Gasteiger partial charge in [-0.05, 0) is 26.3 Å². The lowest BCUT2D eigenvalue weighted by molar-refractivity contribution is 0.0363. The molecule has 0 aromatic carbocycles. The lowest BCUT2D eigenvalue weighted by Crippen LogP contribution is -2.23. The number of nitrogens with zero attached hydrogens (tertiary/aromatic N) is 3. The smallest absolute Gasteiger partial charge is 0.159 e. The molecule has 0 radical (unpaired) electrons. The summed E-state index contributed by atoms with van der Waals surface area (Å²) in [6, 6.07) is 2.07. The lowest BCUT2D eigenvalue weighted by atomic mass is 10.0. The van der Waals surface area contributed by atoms with Gasteiger partial charge in [0.1, 0.15) is 0 Å². The van der Waals surface area contributed by atoms with Gasteiger partial charge < -0.3 is 10.1 Å². The predicted octanol–water partition coefficient (Wildman–Crippen LogP) is 2.66. The molecule has 5 nitrogen and oxygen atoms in total. The molecular formula is C13H15ClN4O. The molecule has 3 heterocycles. The van der Waals surface area contributed by atoms with E-state index in [1.54, 1.807) is 12.4 Å². The van der Waals surface area contributed by atoms with Crippen LogP contribution in [0.4, 0.5) is 5.82 Å². The molecule has 1 fully saturated rings. The largest absolute Gasteiger partial charge is 0.373 e. The van der Waals surface area contributed by atoms with Crippen LogP contribution in [0.1, 0.15) is 20.3 Å². The summed E-state index contributed by atoms with van der Waals surface area (Å²) < 4.78 is 5.71. The van der Waals surface area contributed by atoms with Gasteiger partial charge in [0.2, 0.25) is 0 Å². The summed E-state index contributed by atoms with van der Waals surface area (Å²) in [5, 5.41) is 13.6. The highest BCUT2D eigenvalue weighted by Gasteiger charge is 2.32. The van der Waals surface area contributed by atoms with Crippen molar-refractivity contribution >= 4 is 28.2 Å². The summed E-state index contributed by atoms with van der Waals surface area (Å²) in [4.78, 5) is 4.12. The summed E-state index contributed by atoms with van der Waals surface area (Å²) in [6.07, 6.45) is 4.37.